The number of fused-ring (bicyclic) bond motifs is 2. The molecule has 1 aliphatic rings. The third-order valence-electron chi connectivity index (χ3n) is 5.80. The maximum Gasteiger partial charge on any atom is 0.333 e. The Morgan fingerprint density at radius 1 is 1.21 bits per heavy atom. The van der Waals surface area contributed by atoms with Crippen molar-refractivity contribution in [3.05, 3.63) is 60.1 Å². The predicted molar refractivity (Wildman–Crippen MR) is 119 cm³/mol. The Hall–Kier alpha value is -2.43. The second-order valence-electron chi connectivity index (χ2n) is 7.99. The summed E-state index contributed by atoms with van der Waals surface area (Å²) >= 11 is 0. The van der Waals surface area contributed by atoms with E-state index in [9.17, 15) is 13.5 Å². The predicted octanol–water partition coefficient (Wildman–Crippen LogP) is 1.77. The molecule has 11 heteroatoms. The van der Waals surface area contributed by atoms with Gasteiger partial charge < -0.3 is 20.1 Å². The van der Waals surface area contributed by atoms with Crippen molar-refractivity contribution >= 4 is 32.2 Å². The van der Waals surface area contributed by atoms with Crippen molar-refractivity contribution in [2.45, 2.75) is 25.0 Å². The molecule has 1 aliphatic carbocycles. The fourth-order valence-corrected chi connectivity index (χ4v) is 4.66. The van der Waals surface area contributed by atoms with Crippen LogP contribution in [-0.4, -0.2) is 47.2 Å². The van der Waals surface area contributed by atoms with Gasteiger partial charge >= 0.3 is 10.3 Å². The number of aliphatic hydroxyl groups is 1. The molecule has 1 saturated carbocycles. The van der Waals surface area contributed by atoms with Gasteiger partial charge in [0.2, 0.25) is 0 Å². The van der Waals surface area contributed by atoms with Gasteiger partial charge in [-0.3, -0.25) is 9.17 Å². The SMILES string of the molecule is NS(=O)(=O)OC[C@@H]1C[C@@H](N=c2c[c-][nH]c3nc(-c4cccc5ccccc45)[nH]c23)C[C@@H]1O.[Rh]. The van der Waals surface area contributed by atoms with E-state index in [1.54, 1.807) is 6.07 Å². The fraction of sp³-hybridized carbons (Fsp3) is 0.273. The number of nitrogens with zero attached hydrogens (tertiary/aromatic N) is 2. The molecule has 2 aromatic carbocycles. The van der Waals surface area contributed by atoms with Crippen LogP contribution in [-0.2, 0) is 34.0 Å². The molecule has 5 rings (SSSR count). The number of rotatable bonds is 5. The van der Waals surface area contributed by atoms with Crippen molar-refractivity contribution in [3.8, 4) is 11.4 Å². The molecule has 33 heavy (non-hydrogen) atoms. The van der Waals surface area contributed by atoms with Crippen molar-refractivity contribution in [3.63, 3.8) is 0 Å². The molecular weight excluding hydrogens is 533 g/mol. The van der Waals surface area contributed by atoms with Gasteiger partial charge in [0.15, 0.2) is 0 Å². The van der Waals surface area contributed by atoms with Crippen molar-refractivity contribution in [1.82, 2.24) is 15.0 Å². The monoisotopic (exact) mass is 555 g/mol. The van der Waals surface area contributed by atoms with E-state index in [1.807, 2.05) is 24.3 Å². The molecule has 3 atom stereocenters. The Labute approximate surface area is 203 Å². The molecule has 0 aliphatic heterocycles. The summed E-state index contributed by atoms with van der Waals surface area (Å²) in [4.78, 5) is 15.9. The van der Waals surface area contributed by atoms with Crippen LogP contribution in [0.4, 0.5) is 0 Å². The van der Waals surface area contributed by atoms with Crippen molar-refractivity contribution in [2.75, 3.05) is 6.61 Å². The van der Waals surface area contributed by atoms with Gasteiger partial charge in [-0.05, 0) is 34.5 Å². The zero-order valence-corrected chi connectivity index (χ0v) is 19.8. The van der Waals surface area contributed by atoms with Gasteiger partial charge in [-0.25, -0.2) is 5.14 Å². The normalized spacial score (nSPS) is 21.5. The summed E-state index contributed by atoms with van der Waals surface area (Å²) in [6.07, 6.45) is 3.14. The van der Waals surface area contributed by atoms with E-state index in [2.05, 4.69) is 38.5 Å². The summed E-state index contributed by atoms with van der Waals surface area (Å²) in [6, 6.07) is 15.7. The van der Waals surface area contributed by atoms with E-state index in [0.29, 0.717) is 23.8 Å². The Kier molecular flexibility index (Phi) is 6.79. The van der Waals surface area contributed by atoms with Crippen LogP contribution in [0.5, 0.6) is 0 Å². The van der Waals surface area contributed by atoms with Crippen molar-refractivity contribution in [1.29, 1.82) is 0 Å². The number of hydrogen-bond donors (Lipinski definition) is 4. The maximum atomic E-state index is 11.0. The average Bonchev–Trinajstić information content (AvgIpc) is 3.35. The number of imidazole rings is 1. The minimum atomic E-state index is -4.04. The fourth-order valence-electron chi connectivity index (χ4n) is 4.29. The van der Waals surface area contributed by atoms with Gasteiger partial charge in [0.1, 0.15) is 5.82 Å². The number of aromatic amines is 2. The van der Waals surface area contributed by atoms with Crippen LogP contribution in [0.3, 0.4) is 0 Å². The molecule has 9 nitrogen and oxygen atoms in total. The Morgan fingerprint density at radius 3 is 2.82 bits per heavy atom. The number of aromatic nitrogens is 3. The molecular formula is C22H22N5O4RhS-. The summed E-state index contributed by atoms with van der Waals surface area (Å²) in [5, 5.41) is 18.1. The van der Waals surface area contributed by atoms with Gasteiger partial charge in [-0.1, -0.05) is 42.5 Å². The molecule has 0 spiro atoms. The number of nitrogens with two attached hydrogens (primary N) is 1. The first-order valence-electron chi connectivity index (χ1n) is 10.2. The Bertz CT molecular complexity index is 1460. The number of nitrogens with one attached hydrogen (secondary N) is 2. The Balaban J connectivity index is 0.00000259. The topological polar surface area (TPSA) is 146 Å². The smallest absolute Gasteiger partial charge is 0.333 e. The second-order valence-corrected chi connectivity index (χ2v) is 9.22. The van der Waals surface area contributed by atoms with E-state index in [1.165, 1.54) is 0 Å². The molecule has 175 valence electrons. The van der Waals surface area contributed by atoms with Crippen LogP contribution in [0, 0.1) is 12.1 Å². The van der Waals surface area contributed by atoms with E-state index in [-0.39, 0.29) is 38.0 Å². The number of pyridine rings is 1. The zero-order valence-electron chi connectivity index (χ0n) is 17.4. The quantitative estimate of drug-likeness (QED) is 0.219. The standard InChI is InChI=1S/C22H22N5O4S.Rh/c23-32(29,30)31-12-14-10-15(11-19(14)28)25-18-8-9-24-22-20(18)26-21(27-22)17-7-3-5-13-4-1-2-6-16(13)17;/h1-8,14-15,19,28H,10-12H2,(H2,23,29,30)(H2,24,25,26,27);/q-1;/t14-,15+,19-;/m0./s1. The third kappa shape index (κ3) is 5.07. The third-order valence-corrected chi connectivity index (χ3v) is 6.27. The van der Waals surface area contributed by atoms with Crippen LogP contribution in [0.2, 0.25) is 0 Å². The molecule has 0 unspecified atom stereocenters. The molecule has 1 fully saturated rings. The molecule has 0 saturated heterocycles. The summed E-state index contributed by atoms with van der Waals surface area (Å²) in [5.74, 6) is 0.361. The first-order valence-corrected chi connectivity index (χ1v) is 11.7. The van der Waals surface area contributed by atoms with Gasteiger partial charge in [-0.2, -0.15) is 8.42 Å². The van der Waals surface area contributed by atoms with Crippen molar-refractivity contribution < 1.29 is 37.2 Å². The molecule has 2 heterocycles. The van der Waals surface area contributed by atoms with Crippen LogP contribution in [0.1, 0.15) is 12.8 Å². The van der Waals surface area contributed by atoms with Crippen LogP contribution >= 0.6 is 0 Å². The first kappa shape index (κ1) is 23.7. The minimum Gasteiger partial charge on any atom is -0.452 e. The molecule has 0 bridgehead atoms. The van der Waals surface area contributed by atoms with Gasteiger partial charge in [0.05, 0.1) is 12.7 Å². The van der Waals surface area contributed by atoms with E-state index >= 15 is 0 Å². The average molecular weight is 555 g/mol. The van der Waals surface area contributed by atoms with Gasteiger partial charge in [0.25, 0.3) is 0 Å². The summed E-state index contributed by atoms with van der Waals surface area (Å²) in [7, 11) is -4.04. The largest absolute Gasteiger partial charge is 0.452 e. The van der Waals surface area contributed by atoms with E-state index in [4.69, 9.17) is 15.1 Å². The number of aliphatic hydroxyl groups excluding tert-OH is 1. The minimum absolute atomic E-state index is 0. The second kappa shape index (κ2) is 9.44. The number of hydrogen-bond acceptors (Lipinski definition) is 6. The molecule has 2 aromatic heterocycles. The Morgan fingerprint density at radius 2 is 2.00 bits per heavy atom. The van der Waals surface area contributed by atoms with Crippen LogP contribution < -0.4 is 10.5 Å². The number of benzene rings is 2. The van der Waals surface area contributed by atoms with Crippen molar-refractivity contribution in [2.24, 2.45) is 16.0 Å². The van der Waals surface area contributed by atoms with Gasteiger partial charge in [0, 0.05) is 42.6 Å². The summed E-state index contributed by atoms with van der Waals surface area (Å²) in [5.41, 5.74) is 2.35. The molecule has 1 radical (unpaired) electrons. The summed E-state index contributed by atoms with van der Waals surface area (Å²) < 4.78 is 26.8. The summed E-state index contributed by atoms with van der Waals surface area (Å²) in [6.45, 7) is -0.161. The van der Waals surface area contributed by atoms with Crippen LogP contribution in [0.15, 0.2) is 53.5 Å². The van der Waals surface area contributed by atoms with Crippen LogP contribution in [0.25, 0.3) is 33.3 Å². The van der Waals surface area contributed by atoms with E-state index < -0.39 is 16.4 Å². The first-order chi connectivity index (χ1) is 15.4. The molecule has 0 amide bonds. The molecule has 4 aromatic rings. The maximum absolute atomic E-state index is 11.0. The molecule has 5 N–H and O–H groups in total. The zero-order chi connectivity index (χ0) is 22.3. The number of H-pyrrole nitrogens is 2. The van der Waals surface area contributed by atoms with E-state index in [0.717, 1.165) is 27.7 Å². The van der Waals surface area contributed by atoms with Gasteiger partial charge in [-0.15, -0.1) is 12.3 Å².